The molecule has 0 atom stereocenters. The monoisotopic (exact) mass is 410 g/mol. The number of carbonyl (C=O) groups excluding carboxylic acids is 2. The lowest BCUT2D eigenvalue weighted by molar-refractivity contribution is -0.384. The number of anilines is 1. The number of carbonyl (C=O) groups is 2. The van der Waals surface area contributed by atoms with Crippen LogP contribution in [0.4, 0.5) is 11.4 Å². The molecule has 158 valence electrons. The van der Waals surface area contributed by atoms with Crippen molar-refractivity contribution in [3.8, 4) is 0 Å². The summed E-state index contributed by atoms with van der Waals surface area (Å²) in [6.07, 6.45) is 2.53. The van der Waals surface area contributed by atoms with E-state index in [0.29, 0.717) is 5.56 Å². The molecule has 0 fully saturated rings. The van der Waals surface area contributed by atoms with Crippen LogP contribution in [0.3, 0.4) is 0 Å². The van der Waals surface area contributed by atoms with Gasteiger partial charge >= 0.3 is 5.97 Å². The van der Waals surface area contributed by atoms with Crippen LogP contribution >= 0.6 is 0 Å². The Kier molecular flexibility index (Phi) is 7.86. The zero-order chi connectivity index (χ0) is 22.3. The first-order valence-electron chi connectivity index (χ1n) is 9.71. The van der Waals surface area contributed by atoms with Crippen LogP contribution in [0.5, 0.6) is 0 Å². The highest BCUT2D eigenvalue weighted by atomic mass is 16.6. The highest BCUT2D eigenvalue weighted by molar-refractivity contribution is 5.96. The second-order valence-electron chi connectivity index (χ2n) is 7.46. The van der Waals surface area contributed by atoms with Gasteiger partial charge in [0.25, 0.3) is 11.6 Å². The Bertz CT molecular complexity index is 938. The van der Waals surface area contributed by atoms with Crippen LogP contribution in [-0.4, -0.2) is 23.4 Å². The molecule has 0 radical (unpaired) electrons. The van der Waals surface area contributed by atoms with Gasteiger partial charge < -0.3 is 10.1 Å². The van der Waals surface area contributed by atoms with Gasteiger partial charge in [0, 0.05) is 23.9 Å². The number of ether oxygens (including phenoxy) is 1. The predicted molar refractivity (Wildman–Crippen MR) is 116 cm³/mol. The molecule has 0 saturated carbocycles. The van der Waals surface area contributed by atoms with Crippen LogP contribution in [0.1, 0.15) is 56.2 Å². The summed E-state index contributed by atoms with van der Waals surface area (Å²) in [5.41, 5.74) is 3.21. The van der Waals surface area contributed by atoms with Gasteiger partial charge in [-0.15, -0.1) is 0 Å². The molecule has 0 aliphatic carbocycles. The van der Waals surface area contributed by atoms with E-state index in [9.17, 15) is 19.7 Å². The van der Waals surface area contributed by atoms with Crippen molar-refractivity contribution >= 4 is 29.3 Å². The van der Waals surface area contributed by atoms with Gasteiger partial charge in [-0.2, -0.15) is 0 Å². The minimum absolute atomic E-state index is 0.0744. The standard InChI is InChI=1S/C23H26N2O5/c1-15(2)19-9-6-10-20(16(3)4)23(19)24-21(26)14-30-22(27)12-11-17-7-5-8-18(13-17)25(28)29/h5-13,15-16H,14H2,1-4H3,(H,24,26). The third-order valence-corrected chi connectivity index (χ3v) is 4.48. The van der Waals surface area contributed by atoms with E-state index in [-0.39, 0.29) is 17.5 Å². The Labute approximate surface area is 175 Å². The fraction of sp³-hybridized carbons (Fsp3) is 0.304. The summed E-state index contributed by atoms with van der Waals surface area (Å²) in [6, 6.07) is 11.8. The molecular formula is C23H26N2O5. The molecule has 0 heterocycles. The van der Waals surface area contributed by atoms with Crippen molar-refractivity contribution in [2.24, 2.45) is 0 Å². The van der Waals surface area contributed by atoms with Crippen LogP contribution < -0.4 is 5.32 Å². The molecule has 1 amide bonds. The average molecular weight is 410 g/mol. The van der Waals surface area contributed by atoms with E-state index in [1.165, 1.54) is 24.3 Å². The number of benzene rings is 2. The maximum absolute atomic E-state index is 12.4. The summed E-state index contributed by atoms with van der Waals surface area (Å²) in [5.74, 6) is -0.696. The lowest BCUT2D eigenvalue weighted by atomic mass is 9.92. The van der Waals surface area contributed by atoms with Crippen LogP contribution in [-0.2, 0) is 14.3 Å². The van der Waals surface area contributed by atoms with Gasteiger partial charge in [0.15, 0.2) is 6.61 Å². The number of nitro groups is 1. The summed E-state index contributed by atoms with van der Waals surface area (Å²) < 4.78 is 5.00. The number of esters is 1. The fourth-order valence-corrected chi connectivity index (χ4v) is 2.96. The lowest BCUT2D eigenvalue weighted by Crippen LogP contribution is -2.22. The number of non-ortho nitro benzene ring substituents is 1. The van der Waals surface area contributed by atoms with E-state index < -0.39 is 23.4 Å². The van der Waals surface area contributed by atoms with Gasteiger partial charge in [-0.05, 0) is 34.6 Å². The molecule has 2 rings (SSSR count). The van der Waals surface area contributed by atoms with Crippen molar-refractivity contribution in [3.63, 3.8) is 0 Å². The zero-order valence-corrected chi connectivity index (χ0v) is 17.5. The van der Waals surface area contributed by atoms with E-state index in [1.807, 2.05) is 45.9 Å². The van der Waals surface area contributed by atoms with Gasteiger partial charge in [-0.25, -0.2) is 4.79 Å². The molecule has 7 nitrogen and oxygen atoms in total. The minimum Gasteiger partial charge on any atom is -0.452 e. The van der Waals surface area contributed by atoms with Gasteiger partial charge in [-0.3, -0.25) is 14.9 Å². The number of para-hydroxylation sites is 1. The second kappa shape index (κ2) is 10.3. The number of nitro benzene ring substituents is 1. The van der Waals surface area contributed by atoms with Gasteiger partial charge in [-0.1, -0.05) is 58.0 Å². The third-order valence-electron chi connectivity index (χ3n) is 4.48. The third kappa shape index (κ3) is 6.27. The molecule has 0 bridgehead atoms. The Hall–Kier alpha value is -3.48. The SMILES string of the molecule is CC(C)c1cccc(C(C)C)c1NC(=O)COC(=O)C=Cc1cccc([N+](=O)[O-])c1. The summed E-state index contributed by atoms with van der Waals surface area (Å²) in [7, 11) is 0. The van der Waals surface area contributed by atoms with Crippen molar-refractivity contribution in [2.75, 3.05) is 11.9 Å². The molecule has 1 N–H and O–H groups in total. The summed E-state index contributed by atoms with van der Waals surface area (Å²) in [6.45, 7) is 7.77. The molecule has 7 heteroatoms. The van der Waals surface area contributed by atoms with Crippen LogP contribution in [0.15, 0.2) is 48.5 Å². The number of rotatable bonds is 8. The molecule has 30 heavy (non-hydrogen) atoms. The molecule has 0 saturated heterocycles. The lowest BCUT2D eigenvalue weighted by Gasteiger charge is -2.20. The first-order valence-corrected chi connectivity index (χ1v) is 9.71. The van der Waals surface area contributed by atoms with E-state index in [4.69, 9.17) is 4.74 Å². The highest BCUT2D eigenvalue weighted by Gasteiger charge is 2.16. The molecule has 2 aromatic rings. The normalized spacial score (nSPS) is 11.1. The quantitative estimate of drug-likeness (QED) is 0.285. The number of hydrogen-bond donors (Lipinski definition) is 1. The van der Waals surface area contributed by atoms with E-state index in [0.717, 1.165) is 22.9 Å². The highest BCUT2D eigenvalue weighted by Crippen LogP contribution is 2.32. The molecule has 0 spiro atoms. The maximum Gasteiger partial charge on any atom is 0.331 e. The van der Waals surface area contributed by atoms with Crippen LogP contribution in [0.2, 0.25) is 0 Å². The average Bonchev–Trinajstić information content (AvgIpc) is 2.70. The van der Waals surface area contributed by atoms with Crippen molar-refractivity contribution in [1.29, 1.82) is 0 Å². The van der Waals surface area contributed by atoms with E-state index in [1.54, 1.807) is 6.07 Å². The van der Waals surface area contributed by atoms with Gasteiger partial charge in [0.1, 0.15) is 0 Å². The van der Waals surface area contributed by atoms with Gasteiger partial charge in [0.05, 0.1) is 4.92 Å². The Morgan fingerprint density at radius 3 is 2.23 bits per heavy atom. The smallest absolute Gasteiger partial charge is 0.331 e. The molecular weight excluding hydrogens is 384 g/mol. The predicted octanol–water partition coefficient (Wildman–Crippen LogP) is 5.04. The first kappa shape index (κ1) is 22.8. The maximum atomic E-state index is 12.4. The Morgan fingerprint density at radius 1 is 1.07 bits per heavy atom. The summed E-state index contributed by atoms with van der Waals surface area (Å²) in [5, 5.41) is 13.7. The molecule has 0 aliphatic heterocycles. The first-order chi connectivity index (χ1) is 14.2. The largest absolute Gasteiger partial charge is 0.452 e. The van der Waals surface area contributed by atoms with Crippen molar-refractivity contribution in [2.45, 2.75) is 39.5 Å². The summed E-state index contributed by atoms with van der Waals surface area (Å²) >= 11 is 0. The number of hydrogen-bond acceptors (Lipinski definition) is 5. The number of nitrogens with one attached hydrogen (secondary N) is 1. The Balaban J connectivity index is 2.00. The van der Waals surface area contributed by atoms with Crippen molar-refractivity contribution < 1.29 is 19.2 Å². The number of amides is 1. The second-order valence-corrected chi connectivity index (χ2v) is 7.46. The molecule has 0 aromatic heterocycles. The van der Waals surface area contributed by atoms with Crippen molar-refractivity contribution in [1.82, 2.24) is 0 Å². The van der Waals surface area contributed by atoms with Crippen molar-refractivity contribution in [3.05, 3.63) is 75.3 Å². The zero-order valence-electron chi connectivity index (χ0n) is 17.5. The van der Waals surface area contributed by atoms with Gasteiger partial charge in [0.2, 0.25) is 0 Å². The molecule has 2 aromatic carbocycles. The number of nitrogens with zero attached hydrogens (tertiary/aromatic N) is 1. The molecule has 0 aliphatic rings. The van der Waals surface area contributed by atoms with E-state index >= 15 is 0 Å². The topological polar surface area (TPSA) is 98.5 Å². The Morgan fingerprint density at radius 2 is 1.67 bits per heavy atom. The van der Waals surface area contributed by atoms with Crippen LogP contribution in [0, 0.1) is 10.1 Å². The van der Waals surface area contributed by atoms with Crippen LogP contribution in [0.25, 0.3) is 6.08 Å². The van der Waals surface area contributed by atoms with E-state index in [2.05, 4.69) is 5.32 Å². The fourth-order valence-electron chi connectivity index (χ4n) is 2.96. The molecule has 0 unspecified atom stereocenters. The minimum atomic E-state index is -0.710. The summed E-state index contributed by atoms with van der Waals surface area (Å²) in [4.78, 5) is 34.6.